The minimum Gasteiger partial charge on any atom is -0.616 e. The van der Waals surface area contributed by atoms with Gasteiger partial charge in [-0.1, -0.05) is 49.8 Å². The molecule has 2 heterocycles. The first-order chi connectivity index (χ1) is 16.3. The Morgan fingerprint density at radius 1 is 0.971 bits per heavy atom. The van der Waals surface area contributed by atoms with Gasteiger partial charge in [-0.05, 0) is 37.5 Å². The molecule has 2 aliphatic rings. The Balaban J connectivity index is 0.000000287. The van der Waals surface area contributed by atoms with E-state index in [2.05, 4.69) is 18.6 Å². The molecule has 0 aliphatic carbocycles. The standard InChI is InChI=1S/C18H28O3S.C6H12O6/c1-3-4-5-6-7-8-11-22(19)15(2)12-16-9-10-17-18(13-16)21-14-20-17;7-1-2-3(8)4(9)5(10)6(11)12-2/h9-10,13,15H,3-8,11-12,14H2,1-2H3;2-11H,1H2/t;2-,3+,4+,5-,6+/m.1/s1. The number of benzene rings is 1. The summed E-state index contributed by atoms with van der Waals surface area (Å²) in [4.78, 5) is 0. The van der Waals surface area contributed by atoms with Gasteiger partial charge < -0.3 is 44.3 Å². The Morgan fingerprint density at radius 3 is 2.35 bits per heavy atom. The van der Waals surface area contributed by atoms with Gasteiger partial charge in [-0.2, -0.15) is 0 Å². The number of aliphatic hydroxyl groups excluding tert-OH is 5. The van der Waals surface area contributed by atoms with Crippen molar-refractivity contribution in [2.45, 2.75) is 94.7 Å². The third-order valence-electron chi connectivity index (χ3n) is 5.98. The molecular weight excluding hydrogens is 464 g/mol. The highest BCUT2D eigenvalue weighted by atomic mass is 32.2. The summed E-state index contributed by atoms with van der Waals surface area (Å²) in [6, 6.07) is 6.01. The molecular formula is C24H40O9S. The number of hydrogen-bond donors (Lipinski definition) is 5. The summed E-state index contributed by atoms with van der Waals surface area (Å²) in [5.41, 5.74) is 1.17. The van der Waals surface area contributed by atoms with E-state index in [-0.39, 0.29) is 5.25 Å². The zero-order chi connectivity index (χ0) is 25.1. The lowest BCUT2D eigenvalue weighted by atomic mass is 10.00. The molecule has 7 atom stereocenters. The lowest BCUT2D eigenvalue weighted by Crippen LogP contribution is -2.58. The van der Waals surface area contributed by atoms with Crippen molar-refractivity contribution in [1.29, 1.82) is 0 Å². The molecule has 1 aromatic carbocycles. The molecule has 1 fully saturated rings. The monoisotopic (exact) mass is 504 g/mol. The van der Waals surface area contributed by atoms with E-state index in [4.69, 9.17) is 35.0 Å². The van der Waals surface area contributed by atoms with Crippen molar-refractivity contribution in [3.05, 3.63) is 23.8 Å². The second-order valence-corrected chi connectivity index (χ2v) is 10.7. The van der Waals surface area contributed by atoms with E-state index in [0.717, 1.165) is 30.1 Å². The number of aliphatic hydroxyl groups is 5. The third-order valence-corrected chi connectivity index (χ3v) is 7.73. The van der Waals surface area contributed by atoms with Crippen LogP contribution in [0.4, 0.5) is 0 Å². The number of rotatable bonds is 11. The van der Waals surface area contributed by atoms with Crippen molar-refractivity contribution >= 4 is 11.2 Å². The minimum atomic E-state index is -1.57. The number of fused-ring (bicyclic) bond motifs is 1. The highest BCUT2D eigenvalue weighted by Crippen LogP contribution is 2.33. The average molecular weight is 505 g/mol. The highest BCUT2D eigenvalue weighted by molar-refractivity contribution is 7.91. The summed E-state index contributed by atoms with van der Waals surface area (Å²) in [6.45, 7) is 4.09. The Bertz CT molecular complexity index is 702. The van der Waals surface area contributed by atoms with Gasteiger partial charge in [0.1, 0.15) is 35.4 Å². The maximum absolute atomic E-state index is 12.3. The minimum absolute atomic E-state index is 0.191. The fourth-order valence-electron chi connectivity index (χ4n) is 3.80. The van der Waals surface area contributed by atoms with Crippen LogP contribution in [0.5, 0.6) is 11.5 Å². The van der Waals surface area contributed by atoms with Crippen LogP contribution < -0.4 is 9.47 Å². The Labute approximate surface area is 204 Å². The topological polar surface area (TPSA) is 152 Å². The van der Waals surface area contributed by atoms with E-state index in [1.54, 1.807) is 0 Å². The van der Waals surface area contributed by atoms with E-state index in [1.165, 1.54) is 37.7 Å². The van der Waals surface area contributed by atoms with Crippen molar-refractivity contribution in [3.8, 4) is 11.5 Å². The predicted molar refractivity (Wildman–Crippen MR) is 128 cm³/mol. The first kappa shape index (κ1) is 29.1. The van der Waals surface area contributed by atoms with Crippen LogP contribution in [0.2, 0.25) is 0 Å². The van der Waals surface area contributed by atoms with Gasteiger partial charge in [-0.3, -0.25) is 0 Å². The smallest absolute Gasteiger partial charge is 0.231 e. The van der Waals surface area contributed by atoms with Crippen LogP contribution in [0.1, 0.15) is 57.9 Å². The van der Waals surface area contributed by atoms with E-state index in [1.807, 2.05) is 18.2 Å². The molecule has 1 aromatic rings. The molecule has 3 rings (SSSR count). The van der Waals surface area contributed by atoms with Crippen LogP contribution >= 0.6 is 0 Å². The quantitative estimate of drug-likeness (QED) is 0.221. The second kappa shape index (κ2) is 15.1. The summed E-state index contributed by atoms with van der Waals surface area (Å²) in [6.07, 6.45) is 1.28. The van der Waals surface area contributed by atoms with Crippen molar-refractivity contribution in [2.24, 2.45) is 0 Å². The molecule has 0 aromatic heterocycles. The molecule has 0 radical (unpaired) electrons. The third kappa shape index (κ3) is 8.83. The van der Waals surface area contributed by atoms with Crippen LogP contribution in [-0.2, 0) is 22.3 Å². The fraction of sp³-hybridized carbons (Fsp3) is 0.750. The van der Waals surface area contributed by atoms with Gasteiger partial charge in [-0.15, -0.1) is 0 Å². The molecule has 2 unspecified atom stereocenters. The van der Waals surface area contributed by atoms with Crippen LogP contribution in [0.3, 0.4) is 0 Å². The zero-order valence-corrected chi connectivity index (χ0v) is 20.9. The van der Waals surface area contributed by atoms with Crippen LogP contribution in [0.25, 0.3) is 0 Å². The van der Waals surface area contributed by atoms with Gasteiger partial charge in [0, 0.05) is 6.42 Å². The molecule has 10 heteroatoms. The largest absolute Gasteiger partial charge is 0.616 e. The Hall–Kier alpha value is -1.11. The molecule has 34 heavy (non-hydrogen) atoms. The van der Waals surface area contributed by atoms with Gasteiger partial charge in [0.2, 0.25) is 6.79 Å². The molecule has 5 N–H and O–H groups in total. The summed E-state index contributed by atoms with van der Waals surface area (Å²) in [5, 5.41) is 44.8. The van der Waals surface area contributed by atoms with E-state index < -0.39 is 48.5 Å². The molecule has 0 spiro atoms. The molecule has 196 valence electrons. The molecule has 0 saturated carbocycles. The van der Waals surface area contributed by atoms with Gasteiger partial charge in [-0.25, -0.2) is 0 Å². The van der Waals surface area contributed by atoms with Gasteiger partial charge in [0.15, 0.2) is 17.8 Å². The lowest BCUT2D eigenvalue weighted by molar-refractivity contribution is -0.286. The first-order valence-electron chi connectivity index (χ1n) is 12.0. The molecule has 2 aliphatic heterocycles. The molecule has 0 bridgehead atoms. The molecule has 1 saturated heterocycles. The predicted octanol–water partition coefficient (Wildman–Crippen LogP) is 1.23. The van der Waals surface area contributed by atoms with Gasteiger partial charge in [0.05, 0.1) is 6.61 Å². The van der Waals surface area contributed by atoms with Crippen molar-refractivity contribution < 1.29 is 44.3 Å². The zero-order valence-electron chi connectivity index (χ0n) is 20.0. The fourth-order valence-corrected chi connectivity index (χ4v) is 5.07. The highest BCUT2D eigenvalue weighted by Gasteiger charge is 2.42. The van der Waals surface area contributed by atoms with Crippen LogP contribution in [-0.4, -0.2) is 85.2 Å². The first-order valence-corrected chi connectivity index (χ1v) is 13.4. The van der Waals surface area contributed by atoms with Crippen molar-refractivity contribution in [2.75, 3.05) is 19.2 Å². The van der Waals surface area contributed by atoms with E-state index >= 15 is 0 Å². The Morgan fingerprint density at radius 2 is 1.65 bits per heavy atom. The summed E-state index contributed by atoms with van der Waals surface area (Å²) in [7, 11) is 0. The average Bonchev–Trinajstić information content (AvgIpc) is 3.30. The van der Waals surface area contributed by atoms with Gasteiger partial charge in [0.25, 0.3) is 0 Å². The van der Waals surface area contributed by atoms with Crippen LogP contribution in [0.15, 0.2) is 18.2 Å². The normalized spacial score (nSPS) is 27.6. The van der Waals surface area contributed by atoms with Crippen molar-refractivity contribution in [3.63, 3.8) is 0 Å². The number of ether oxygens (including phenoxy) is 3. The van der Waals surface area contributed by atoms with Gasteiger partial charge >= 0.3 is 0 Å². The second-order valence-electron chi connectivity index (χ2n) is 8.77. The van der Waals surface area contributed by atoms with Crippen molar-refractivity contribution in [1.82, 2.24) is 0 Å². The maximum atomic E-state index is 12.3. The van der Waals surface area contributed by atoms with Crippen LogP contribution in [0, 0.1) is 0 Å². The summed E-state index contributed by atoms with van der Waals surface area (Å²) >= 11 is -0.743. The van der Waals surface area contributed by atoms with E-state index in [9.17, 15) is 4.55 Å². The number of unbranched alkanes of at least 4 members (excludes halogenated alkanes) is 5. The summed E-state index contributed by atoms with van der Waals surface area (Å²) in [5.74, 6) is 2.45. The summed E-state index contributed by atoms with van der Waals surface area (Å²) < 4.78 is 27.6. The maximum Gasteiger partial charge on any atom is 0.231 e. The lowest BCUT2D eigenvalue weighted by Gasteiger charge is -2.37. The van der Waals surface area contributed by atoms with E-state index in [0.29, 0.717) is 6.79 Å². The molecule has 0 amide bonds. The number of hydrogen-bond acceptors (Lipinski definition) is 9. The SMILES string of the molecule is CCCCCCCC[S+]([O-])C(C)Cc1ccc2c(c1)OCO2.OC[C@H]1O[C@H](O)[C@H](O)[C@@H](O)[C@H]1O. The Kier molecular flexibility index (Phi) is 12.9. The molecule has 9 nitrogen and oxygen atoms in total.